The van der Waals surface area contributed by atoms with Crippen LogP contribution in [0.4, 0.5) is 5.69 Å². The SMILES string of the molecule is Cc1ccc(Cl)cc1NC(=O)CN1CCNCC1c1cccnc1. The Kier molecular flexibility index (Phi) is 5.45. The molecular weight excluding hydrogens is 324 g/mol. The second-order valence-electron chi connectivity index (χ2n) is 5.98. The zero-order chi connectivity index (χ0) is 16.9. The lowest BCUT2D eigenvalue weighted by atomic mass is 10.1. The maximum Gasteiger partial charge on any atom is 0.238 e. The average molecular weight is 345 g/mol. The van der Waals surface area contributed by atoms with Crippen molar-refractivity contribution in [1.29, 1.82) is 0 Å². The second-order valence-corrected chi connectivity index (χ2v) is 6.42. The van der Waals surface area contributed by atoms with Gasteiger partial charge >= 0.3 is 0 Å². The van der Waals surface area contributed by atoms with Gasteiger partial charge in [0.1, 0.15) is 0 Å². The first-order valence-electron chi connectivity index (χ1n) is 8.04. The molecule has 1 aliphatic rings. The summed E-state index contributed by atoms with van der Waals surface area (Å²) in [6, 6.07) is 9.64. The van der Waals surface area contributed by atoms with Gasteiger partial charge in [0.2, 0.25) is 5.91 Å². The Morgan fingerprint density at radius 3 is 3.12 bits per heavy atom. The number of pyridine rings is 1. The topological polar surface area (TPSA) is 57.3 Å². The van der Waals surface area contributed by atoms with E-state index in [0.717, 1.165) is 36.4 Å². The van der Waals surface area contributed by atoms with Crippen molar-refractivity contribution in [2.75, 3.05) is 31.5 Å². The molecule has 1 unspecified atom stereocenters. The van der Waals surface area contributed by atoms with Crippen LogP contribution >= 0.6 is 11.6 Å². The molecule has 1 amide bonds. The highest BCUT2D eigenvalue weighted by Gasteiger charge is 2.25. The Morgan fingerprint density at radius 2 is 2.33 bits per heavy atom. The maximum atomic E-state index is 12.5. The molecule has 126 valence electrons. The fourth-order valence-corrected chi connectivity index (χ4v) is 3.11. The van der Waals surface area contributed by atoms with Gasteiger partial charge in [-0.3, -0.25) is 14.7 Å². The predicted octanol–water partition coefficient (Wildman–Crippen LogP) is 2.63. The van der Waals surface area contributed by atoms with Gasteiger partial charge in [-0.1, -0.05) is 23.7 Å². The summed E-state index contributed by atoms with van der Waals surface area (Å²) in [4.78, 5) is 18.9. The van der Waals surface area contributed by atoms with Crippen molar-refractivity contribution in [3.63, 3.8) is 0 Å². The molecule has 1 aromatic carbocycles. The number of halogens is 1. The zero-order valence-electron chi connectivity index (χ0n) is 13.6. The minimum absolute atomic E-state index is 0.0313. The number of carbonyl (C=O) groups is 1. The first kappa shape index (κ1) is 16.9. The Labute approximate surface area is 147 Å². The average Bonchev–Trinajstić information content (AvgIpc) is 2.59. The number of hydrogen-bond donors (Lipinski definition) is 2. The molecule has 1 saturated heterocycles. The van der Waals surface area contributed by atoms with E-state index in [2.05, 4.69) is 26.6 Å². The van der Waals surface area contributed by atoms with E-state index in [4.69, 9.17) is 11.6 Å². The van der Waals surface area contributed by atoms with E-state index in [9.17, 15) is 4.79 Å². The van der Waals surface area contributed by atoms with E-state index < -0.39 is 0 Å². The van der Waals surface area contributed by atoms with Crippen molar-refractivity contribution >= 4 is 23.2 Å². The summed E-state index contributed by atoms with van der Waals surface area (Å²) in [5, 5.41) is 6.97. The molecule has 1 aliphatic heterocycles. The molecule has 1 aromatic heterocycles. The molecule has 1 fully saturated rings. The van der Waals surface area contributed by atoms with Gasteiger partial charge in [-0.25, -0.2) is 0 Å². The number of benzene rings is 1. The van der Waals surface area contributed by atoms with Crippen LogP contribution in [0, 0.1) is 6.92 Å². The highest BCUT2D eigenvalue weighted by Crippen LogP contribution is 2.23. The first-order chi connectivity index (χ1) is 11.6. The van der Waals surface area contributed by atoms with Crippen LogP contribution in [0.2, 0.25) is 5.02 Å². The van der Waals surface area contributed by atoms with Gasteiger partial charge in [-0.2, -0.15) is 0 Å². The smallest absolute Gasteiger partial charge is 0.238 e. The molecule has 2 heterocycles. The third kappa shape index (κ3) is 4.12. The summed E-state index contributed by atoms with van der Waals surface area (Å²) in [5.41, 5.74) is 2.88. The predicted molar refractivity (Wildman–Crippen MR) is 96.2 cm³/mol. The lowest BCUT2D eigenvalue weighted by Crippen LogP contribution is -2.48. The molecule has 0 bridgehead atoms. The molecule has 0 spiro atoms. The number of carbonyl (C=O) groups excluding carboxylic acids is 1. The van der Waals surface area contributed by atoms with Gasteiger partial charge in [0, 0.05) is 48.8 Å². The molecule has 5 nitrogen and oxygen atoms in total. The van der Waals surface area contributed by atoms with Crippen LogP contribution in [0.3, 0.4) is 0 Å². The Balaban J connectivity index is 1.69. The molecule has 0 aliphatic carbocycles. The van der Waals surface area contributed by atoms with Gasteiger partial charge in [-0.15, -0.1) is 0 Å². The number of anilines is 1. The van der Waals surface area contributed by atoms with Crippen molar-refractivity contribution in [1.82, 2.24) is 15.2 Å². The van der Waals surface area contributed by atoms with Crippen LogP contribution < -0.4 is 10.6 Å². The Hall–Kier alpha value is -1.95. The van der Waals surface area contributed by atoms with Crippen molar-refractivity contribution in [3.05, 3.63) is 58.9 Å². The fourth-order valence-electron chi connectivity index (χ4n) is 2.94. The minimum atomic E-state index is -0.0313. The number of rotatable bonds is 4. The molecule has 1 atom stereocenters. The lowest BCUT2D eigenvalue weighted by molar-refractivity contribution is -0.118. The third-order valence-electron chi connectivity index (χ3n) is 4.24. The largest absolute Gasteiger partial charge is 0.325 e. The van der Waals surface area contributed by atoms with Crippen LogP contribution in [0.5, 0.6) is 0 Å². The molecule has 24 heavy (non-hydrogen) atoms. The molecule has 0 saturated carbocycles. The van der Waals surface area contributed by atoms with Crippen molar-refractivity contribution in [2.24, 2.45) is 0 Å². The lowest BCUT2D eigenvalue weighted by Gasteiger charge is -2.35. The van der Waals surface area contributed by atoms with Crippen LogP contribution in [0.1, 0.15) is 17.2 Å². The van der Waals surface area contributed by atoms with E-state index in [1.54, 1.807) is 12.3 Å². The number of nitrogens with one attached hydrogen (secondary N) is 2. The van der Waals surface area contributed by atoms with E-state index in [0.29, 0.717) is 11.6 Å². The molecule has 2 N–H and O–H groups in total. The maximum absolute atomic E-state index is 12.5. The van der Waals surface area contributed by atoms with Crippen LogP contribution in [0.15, 0.2) is 42.7 Å². The monoisotopic (exact) mass is 344 g/mol. The number of nitrogens with zero attached hydrogens (tertiary/aromatic N) is 2. The minimum Gasteiger partial charge on any atom is -0.325 e. The number of amides is 1. The third-order valence-corrected chi connectivity index (χ3v) is 4.48. The van der Waals surface area contributed by atoms with Crippen molar-refractivity contribution in [3.8, 4) is 0 Å². The number of aromatic nitrogens is 1. The van der Waals surface area contributed by atoms with Gasteiger partial charge in [0.25, 0.3) is 0 Å². The van der Waals surface area contributed by atoms with Gasteiger partial charge in [0.15, 0.2) is 0 Å². The summed E-state index contributed by atoms with van der Waals surface area (Å²) in [6.45, 7) is 4.80. The van der Waals surface area contributed by atoms with Crippen molar-refractivity contribution < 1.29 is 4.79 Å². The van der Waals surface area contributed by atoms with Crippen LogP contribution in [-0.4, -0.2) is 42.0 Å². The zero-order valence-corrected chi connectivity index (χ0v) is 14.4. The summed E-state index contributed by atoms with van der Waals surface area (Å²) in [5.74, 6) is -0.0313. The van der Waals surface area contributed by atoms with E-state index >= 15 is 0 Å². The number of aryl methyl sites for hydroxylation is 1. The Bertz CT molecular complexity index is 707. The standard InChI is InChI=1S/C18H21ClN4O/c1-13-4-5-15(19)9-16(13)22-18(24)12-23-8-7-21-11-17(23)14-3-2-6-20-10-14/h2-6,9-10,17,21H,7-8,11-12H2,1H3,(H,22,24). The highest BCUT2D eigenvalue weighted by molar-refractivity contribution is 6.31. The first-order valence-corrected chi connectivity index (χ1v) is 8.42. The second kappa shape index (κ2) is 7.75. The molecule has 3 rings (SSSR count). The number of hydrogen-bond acceptors (Lipinski definition) is 4. The molecular formula is C18H21ClN4O. The van der Waals surface area contributed by atoms with E-state index in [1.165, 1.54) is 0 Å². The van der Waals surface area contributed by atoms with Crippen LogP contribution in [0.25, 0.3) is 0 Å². The molecule has 2 aromatic rings. The molecule has 0 radical (unpaired) electrons. The summed E-state index contributed by atoms with van der Waals surface area (Å²) in [7, 11) is 0. The normalized spacial score (nSPS) is 18.3. The van der Waals surface area contributed by atoms with Gasteiger partial charge in [0.05, 0.1) is 6.54 Å². The van der Waals surface area contributed by atoms with Crippen molar-refractivity contribution in [2.45, 2.75) is 13.0 Å². The van der Waals surface area contributed by atoms with Gasteiger partial charge in [-0.05, 0) is 36.2 Å². The summed E-state index contributed by atoms with van der Waals surface area (Å²) in [6.07, 6.45) is 3.63. The van der Waals surface area contributed by atoms with E-state index in [1.807, 2.05) is 31.3 Å². The highest BCUT2D eigenvalue weighted by atomic mass is 35.5. The summed E-state index contributed by atoms with van der Waals surface area (Å²) < 4.78 is 0. The molecule has 6 heteroatoms. The number of piperazine rings is 1. The summed E-state index contributed by atoms with van der Waals surface area (Å²) >= 11 is 6.02. The van der Waals surface area contributed by atoms with Crippen LogP contribution in [-0.2, 0) is 4.79 Å². The quantitative estimate of drug-likeness (QED) is 0.895. The fraction of sp³-hybridized carbons (Fsp3) is 0.333. The van der Waals surface area contributed by atoms with E-state index in [-0.39, 0.29) is 11.9 Å². The van der Waals surface area contributed by atoms with Gasteiger partial charge < -0.3 is 10.6 Å². The Morgan fingerprint density at radius 1 is 1.46 bits per heavy atom.